The Morgan fingerprint density at radius 1 is 0.360 bits per heavy atom. The number of benzene rings is 8. The van der Waals surface area contributed by atoms with E-state index in [0.29, 0.717) is 0 Å². The summed E-state index contributed by atoms with van der Waals surface area (Å²) < 4.78 is 0. The van der Waals surface area contributed by atoms with Crippen molar-refractivity contribution in [1.82, 2.24) is 0 Å². The van der Waals surface area contributed by atoms with Gasteiger partial charge in [0.15, 0.2) is 0 Å². The second kappa shape index (κ2) is 9.95. The van der Waals surface area contributed by atoms with Gasteiger partial charge in [0.25, 0.3) is 0 Å². The van der Waals surface area contributed by atoms with E-state index in [1.54, 1.807) is 11.1 Å². The van der Waals surface area contributed by atoms with Crippen LogP contribution in [0.5, 0.6) is 0 Å². The molecular formula is C50H38. The van der Waals surface area contributed by atoms with E-state index >= 15 is 0 Å². The molecule has 8 aromatic carbocycles. The molecule has 8 aromatic rings. The van der Waals surface area contributed by atoms with Gasteiger partial charge in [-0.2, -0.15) is 0 Å². The first kappa shape index (κ1) is 27.6. The highest BCUT2D eigenvalue weighted by Gasteiger charge is 2.61. The molecule has 0 saturated heterocycles. The summed E-state index contributed by atoms with van der Waals surface area (Å²) in [5.74, 6) is 3.39. The highest BCUT2D eigenvalue weighted by atomic mass is 14.6. The topological polar surface area (TPSA) is 0 Å². The second-order valence-corrected chi connectivity index (χ2v) is 16.0. The lowest BCUT2D eigenvalue weighted by Gasteiger charge is -2.61. The molecule has 0 heterocycles. The van der Waals surface area contributed by atoms with Crippen molar-refractivity contribution in [2.45, 2.75) is 37.5 Å². The molecule has 13 rings (SSSR count). The van der Waals surface area contributed by atoms with Crippen LogP contribution in [0.1, 0.15) is 43.2 Å². The summed E-state index contributed by atoms with van der Waals surface area (Å²) in [6.07, 6.45) is 7.11. The monoisotopic (exact) mass is 638 g/mol. The molecule has 4 bridgehead atoms. The Bertz CT molecular complexity index is 2640. The van der Waals surface area contributed by atoms with Gasteiger partial charge < -0.3 is 0 Å². The molecule has 5 aliphatic rings. The molecule has 238 valence electrons. The first-order valence-electron chi connectivity index (χ1n) is 18.9. The summed E-state index contributed by atoms with van der Waals surface area (Å²) in [6.45, 7) is 0. The zero-order chi connectivity index (χ0) is 32.6. The van der Waals surface area contributed by atoms with Crippen LogP contribution in [0.2, 0.25) is 0 Å². The van der Waals surface area contributed by atoms with Crippen LogP contribution < -0.4 is 0 Å². The smallest absolute Gasteiger partial charge is 0.0272 e. The van der Waals surface area contributed by atoms with E-state index in [1.165, 1.54) is 109 Å². The normalized spacial score (nSPS) is 24.5. The fraction of sp³-hybridized carbons (Fsp3) is 0.200. The van der Waals surface area contributed by atoms with Gasteiger partial charge in [-0.25, -0.2) is 0 Å². The lowest BCUT2D eigenvalue weighted by atomic mass is 9.43. The van der Waals surface area contributed by atoms with Gasteiger partial charge in [-0.05, 0) is 156 Å². The molecule has 0 N–H and O–H groups in total. The molecule has 0 amide bonds. The van der Waals surface area contributed by atoms with Gasteiger partial charge in [-0.1, -0.05) is 133 Å². The van der Waals surface area contributed by atoms with Gasteiger partial charge in [0.05, 0.1) is 0 Å². The van der Waals surface area contributed by atoms with Gasteiger partial charge in [-0.15, -0.1) is 0 Å². The van der Waals surface area contributed by atoms with Crippen molar-refractivity contribution in [3.63, 3.8) is 0 Å². The molecular weight excluding hydrogens is 601 g/mol. The number of fused-ring (bicyclic) bond motifs is 8. The minimum absolute atomic E-state index is 0.158. The van der Waals surface area contributed by atoms with Crippen LogP contribution in [-0.4, -0.2) is 0 Å². The maximum absolute atomic E-state index is 2.68. The predicted octanol–water partition coefficient (Wildman–Crippen LogP) is 13.4. The van der Waals surface area contributed by atoms with E-state index in [0.717, 1.165) is 23.7 Å². The summed E-state index contributed by atoms with van der Waals surface area (Å²) in [5.41, 5.74) is 11.8. The predicted molar refractivity (Wildman–Crippen MR) is 211 cm³/mol. The molecule has 0 radical (unpaired) electrons. The van der Waals surface area contributed by atoms with Crippen LogP contribution in [0.25, 0.3) is 76.5 Å². The van der Waals surface area contributed by atoms with Gasteiger partial charge in [0, 0.05) is 5.41 Å². The quantitative estimate of drug-likeness (QED) is 0.131. The summed E-state index contributed by atoms with van der Waals surface area (Å²) in [4.78, 5) is 0. The summed E-state index contributed by atoms with van der Waals surface area (Å²) in [7, 11) is 0. The molecule has 50 heavy (non-hydrogen) atoms. The third-order valence-electron chi connectivity index (χ3n) is 13.8. The van der Waals surface area contributed by atoms with Crippen molar-refractivity contribution < 1.29 is 0 Å². The van der Waals surface area contributed by atoms with Gasteiger partial charge in [0.2, 0.25) is 0 Å². The minimum atomic E-state index is 0.158. The first-order chi connectivity index (χ1) is 24.8. The lowest BCUT2D eigenvalue weighted by Crippen LogP contribution is -2.55. The summed E-state index contributed by atoms with van der Waals surface area (Å²) in [5, 5.41) is 10.6. The average molecular weight is 639 g/mol. The highest BCUT2D eigenvalue weighted by molar-refractivity contribution is 6.25. The van der Waals surface area contributed by atoms with Crippen LogP contribution in [-0.2, 0) is 5.41 Å². The van der Waals surface area contributed by atoms with Crippen molar-refractivity contribution in [2.24, 2.45) is 23.7 Å². The van der Waals surface area contributed by atoms with Crippen molar-refractivity contribution in [3.8, 4) is 33.4 Å². The molecule has 4 saturated carbocycles. The van der Waals surface area contributed by atoms with Gasteiger partial charge >= 0.3 is 0 Å². The van der Waals surface area contributed by atoms with Crippen molar-refractivity contribution in [1.29, 1.82) is 0 Å². The first-order valence-corrected chi connectivity index (χ1v) is 18.9. The Hall–Kier alpha value is -5.20. The van der Waals surface area contributed by atoms with E-state index in [4.69, 9.17) is 0 Å². The average Bonchev–Trinajstić information content (AvgIpc) is 3.45. The van der Waals surface area contributed by atoms with Crippen LogP contribution in [0, 0.1) is 23.7 Å². The van der Waals surface area contributed by atoms with Crippen molar-refractivity contribution in [3.05, 3.63) is 157 Å². The van der Waals surface area contributed by atoms with Gasteiger partial charge in [-0.3, -0.25) is 0 Å². The van der Waals surface area contributed by atoms with E-state index in [1.807, 2.05) is 0 Å². The SMILES string of the molecule is c1ccc2c(c1)-c1ccc(-c3c4ccccc4c(-c4cc5ccccc5c5ccccc45)c4ccccc34)cc1C21C2CC3CC(C2)CC1C3. The molecule has 0 heteroatoms. The minimum Gasteiger partial charge on any atom is -0.0619 e. The molecule has 5 aliphatic carbocycles. The largest absolute Gasteiger partial charge is 0.0619 e. The molecule has 0 aromatic heterocycles. The Kier molecular flexibility index (Phi) is 5.49. The van der Waals surface area contributed by atoms with Crippen molar-refractivity contribution in [2.75, 3.05) is 0 Å². The van der Waals surface area contributed by atoms with E-state index in [-0.39, 0.29) is 5.41 Å². The Morgan fingerprint density at radius 3 is 1.56 bits per heavy atom. The van der Waals surface area contributed by atoms with Crippen LogP contribution in [0.15, 0.2) is 146 Å². The van der Waals surface area contributed by atoms with Crippen LogP contribution in [0.4, 0.5) is 0 Å². The lowest BCUT2D eigenvalue weighted by molar-refractivity contribution is -0.0399. The zero-order valence-electron chi connectivity index (χ0n) is 28.2. The zero-order valence-corrected chi connectivity index (χ0v) is 28.2. The van der Waals surface area contributed by atoms with Crippen molar-refractivity contribution >= 4 is 43.1 Å². The third-order valence-corrected chi connectivity index (χ3v) is 13.8. The summed E-state index contributed by atoms with van der Waals surface area (Å²) >= 11 is 0. The molecule has 0 atom stereocenters. The van der Waals surface area contributed by atoms with E-state index in [2.05, 4.69) is 146 Å². The number of hydrogen-bond acceptors (Lipinski definition) is 0. The third kappa shape index (κ3) is 3.47. The molecule has 0 aliphatic heterocycles. The molecule has 0 unspecified atom stereocenters. The van der Waals surface area contributed by atoms with E-state index < -0.39 is 0 Å². The van der Waals surface area contributed by atoms with E-state index in [9.17, 15) is 0 Å². The molecule has 4 fully saturated rings. The number of rotatable bonds is 2. The highest BCUT2D eigenvalue weighted by Crippen LogP contribution is 2.69. The van der Waals surface area contributed by atoms with Crippen LogP contribution >= 0.6 is 0 Å². The second-order valence-electron chi connectivity index (χ2n) is 16.0. The number of hydrogen-bond donors (Lipinski definition) is 0. The summed E-state index contributed by atoms with van der Waals surface area (Å²) in [6, 6.07) is 55.9. The Balaban J connectivity index is 1.16. The maximum Gasteiger partial charge on any atom is 0.0272 e. The van der Waals surface area contributed by atoms with Crippen LogP contribution in [0.3, 0.4) is 0 Å². The maximum atomic E-state index is 2.68. The standard InChI is InChI=1S/C50H38/c1-2-12-36-32(11-1)28-45(38-14-4-3-13-37(36)38)49-43-18-7-5-16-41(43)48(42-17-6-8-19-44(42)49)33-21-22-40-39-15-9-10-20-46(39)50(47(40)29-33)34-24-30-23-31(26-34)27-35(50)25-30/h1-22,28-31,34-35H,23-27H2. The fourth-order valence-corrected chi connectivity index (χ4v) is 12.3. The Morgan fingerprint density at radius 2 is 0.880 bits per heavy atom. The van der Waals surface area contributed by atoms with Gasteiger partial charge in [0.1, 0.15) is 0 Å². The Labute approximate surface area is 293 Å². The molecule has 1 spiro atoms. The fourth-order valence-electron chi connectivity index (χ4n) is 12.3. The molecule has 0 nitrogen and oxygen atoms in total.